The molecule has 2 N–H and O–H groups in total. The van der Waals surface area contributed by atoms with Gasteiger partial charge in [0, 0.05) is 0 Å². The number of nitrogen functional groups attached to an aromatic ring is 1. The SMILES string of the molecule is Nc1cc([N+](=O)[O-])cc(OCCC2CCC2)n1. The van der Waals surface area contributed by atoms with E-state index in [9.17, 15) is 10.1 Å². The minimum atomic E-state index is -0.503. The second-order valence-corrected chi connectivity index (χ2v) is 4.28. The first-order valence-corrected chi connectivity index (χ1v) is 5.70. The number of nitro groups is 1. The maximum Gasteiger partial charge on any atom is 0.278 e. The van der Waals surface area contributed by atoms with Crippen LogP contribution >= 0.6 is 0 Å². The first-order valence-electron chi connectivity index (χ1n) is 5.70. The molecule has 6 heteroatoms. The molecule has 6 nitrogen and oxygen atoms in total. The third-order valence-corrected chi connectivity index (χ3v) is 3.02. The average Bonchev–Trinajstić information content (AvgIpc) is 2.21. The largest absolute Gasteiger partial charge is 0.477 e. The van der Waals surface area contributed by atoms with Crippen molar-refractivity contribution in [1.29, 1.82) is 0 Å². The van der Waals surface area contributed by atoms with E-state index in [0.29, 0.717) is 6.61 Å². The molecule has 0 bridgehead atoms. The fourth-order valence-corrected chi connectivity index (χ4v) is 1.80. The number of nitrogens with zero attached hydrogens (tertiary/aromatic N) is 2. The maximum absolute atomic E-state index is 10.6. The summed E-state index contributed by atoms with van der Waals surface area (Å²) in [6.45, 7) is 0.540. The summed E-state index contributed by atoms with van der Waals surface area (Å²) < 4.78 is 5.39. The van der Waals surface area contributed by atoms with E-state index in [0.717, 1.165) is 12.3 Å². The van der Waals surface area contributed by atoms with Gasteiger partial charge in [-0.05, 0) is 12.3 Å². The van der Waals surface area contributed by atoms with Crippen LogP contribution in [0, 0.1) is 16.0 Å². The minimum absolute atomic E-state index is 0.0869. The summed E-state index contributed by atoms with van der Waals surface area (Å²) >= 11 is 0. The molecule has 0 amide bonds. The van der Waals surface area contributed by atoms with Gasteiger partial charge in [0.25, 0.3) is 5.69 Å². The lowest BCUT2D eigenvalue weighted by Gasteiger charge is -2.24. The monoisotopic (exact) mass is 237 g/mol. The van der Waals surface area contributed by atoms with Crippen molar-refractivity contribution in [2.24, 2.45) is 5.92 Å². The molecule has 0 aliphatic heterocycles. The Hall–Kier alpha value is -1.85. The van der Waals surface area contributed by atoms with Crippen LogP contribution in [-0.4, -0.2) is 16.5 Å². The van der Waals surface area contributed by atoms with Gasteiger partial charge >= 0.3 is 0 Å². The predicted molar refractivity (Wildman–Crippen MR) is 62.8 cm³/mol. The van der Waals surface area contributed by atoms with E-state index in [2.05, 4.69) is 4.98 Å². The fraction of sp³-hybridized carbons (Fsp3) is 0.545. The van der Waals surface area contributed by atoms with Gasteiger partial charge < -0.3 is 10.5 Å². The van der Waals surface area contributed by atoms with E-state index in [4.69, 9.17) is 10.5 Å². The van der Waals surface area contributed by atoms with Gasteiger partial charge in [-0.15, -0.1) is 0 Å². The minimum Gasteiger partial charge on any atom is -0.477 e. The molecule has 0 saturated heterocycles. The quantitative estimate of drug-likeness (QED) is 0.625. The number of aromatic nitrogens is 1. The van der Waals surface area contributed by atoms with Crippen LogP contribution in [0.3, 0.4) is 0 Å². The van der Waals surface area contributed by atoms with Gasteiger partial charge in [-0.2, -0.15) is 4.98 Å². The summed E-state index contributed by atoms with van der Waals surface area (Å²) in [6, 6.07) is 2.52. The first-order chi connectivity index (χ1) is 8.15. The third-order valence-electron chi connectivity index (χ3n) is 3.02. The number of ether oxygens (including phenoxy) is 1. The lowest BCUT2D eigenvalue weighted by molar-refractivity contribution is -0.384. The Balaban J connectivity index is 1.92. The van der Waals surface area contributed by atoms with Crippen LogP contribution in [0.2, 0.25) is 0 Å². The smallest absolute Gasteiger partial charge is 0.278 e. The highest BCUT2D eigenvalue weighted by atomic mass is 16.6. The molecule has 1 aliphatic carbocycles. The second kappa shape index (κ2) is 4.99. The Labute approximate surface area is 98.9 Å². The molecule has 17 heavy (non-hydrogen) atoms. The summed E-state index contributed by atoms with van der Waals surface area (Å²) in [7, 11) is 0. The summed E-state index contributed by atoms with van der Waals surface area (Å²) in [5.74, 6) is 1.08. The molecule has 1 saturated carbocycles. The molecular formula is C11H15N3O3. The average molecular weight is 237 g/mol. The van der Waals surface area contributed by atoms with Gasteiger partial charge in [0.05, 0.1) is 23.7 Å². The molecule has 0 aromatic carbocycles. The Bertz CT molecular complexity index is 418. The number of hydrogen-bond donors (Lipinski definition) is 1. The zero-order valence-electron chi connectivity index (χ0n) is 9.46. The Morgan fingerprint density at radius 1 is 1.53 bits per heavy atom. The maximum atomic E-state index is 10.6. The molecular weight excluding hydrogens is 222 g/mol. The normalized spacial score (nSPS) is 15.3. The Morgan fingerprint density at radius 3 is 2.88 bits per heavy atom. The molecule has 0 radical (unpaired) electrons. The van der Waals surface area contributed by atoms with Gasteiger partial charge in [-0.1, -0.05) is 19.3 Å². The molecule has 0 spiro atoms. The zero-order chi connectivity index (χ0) is 12.3. The van der Waals surface area contributed by atoms with E-state index in [-0.39, 0.29) is 17.4 Å². The second-order valence-electron chi connectivity index (χ2n) is 4.28. The number of nitrogens with two attached hydrogens (primary N) is 1. The van der Waals surface area contributed by atoms with Crippen LogP contribution in [-0.2, 0) is 0 Å². The fourth-order valence-electron chi connectivity index (χ4n) is 1.80. The number of hydrogen-bond acceptors (Lipinski definition) is 5. The lowest BCUT2D eigenvalue weighted by Crippen LogP contribution is -2.14. The van der Waals surface area contributed by atoms with E-state index >= 15 is 0 Å². The van der Waals surface area contributed by atoms with Crippen molar-refractivity contribution < 1.29 is 9.66 Å². The van der Waals surface area contributed by atoms with Crippen LogP contribution in [0.5, 0.6) is 5.88 Å². The van der Waals surface area contributed by atoms with Crippen LogP contribution in [0.15, 0.2) is 12.1 Å². The third kappa shape index (κ3) is 3.05. The van der Waals surface area contributed by atoms with Gasteiger partial charge in [-0.25, -0.2) is 0 Å². The van der Waals surface area contributed by atoms with E-state index < -0.39 is 4.92 Å². The molecule has 0 unspecified atom stereocenters. The van der Waals surface area contributed by atoms with Crippen LogP contribution in [0.25, 0.3) is 0 Å². The molecule has 1 aromatic rings. The topological polar surface area (TPSA) is 91.3 Å². The van der Waals surface area contributed by atoms with Gasteiger partial charge in [0.15, 0.2) is 0 Å². The van der Waals surface area contributed by atoms with E-state index in [1.165, 1.54) is 31.4 Å². The summed E-state index contributed by atoms with van der Waals surface area (Å²) in [4.78, 5) is 14.0. The molecule has 1 heterocycles. The highest BCUT2D eigenvalue weighted by molar-refractivity contribution is 5.45. The number of anilines is 1. The van der Waals surface area contributed by atoms with E-state index in [1.807, 2.05) is 0 Å². The molecule has 1 fully saturated rings. The van der Waals surface area contributed by atoms with Crippen molar-refractivity contribution in [2.75, 3.05) is 12.3 Å². The van der Waals surface area contributed by atoms with Crippen molar-refractivity contribution in [3.63, 3.8) is 0 Å². The number of rotatable bonds is 5. The zero-order valence-corrected chi connectivity index (χ0v) is 9.46. The molecule has 0 atom stereocenters. The Kier molecular flexibility index (Phi) is 3.41. The lowest BCUT2D eigenvalue weighted by atomic mass is 9.83. The van der Waals surface area contributed by atoms with Crippen molar-refractivity contribution in [2.45, 2.75) is 25.7 Å². The van der Waals surface area contributed by atoms with Crippen LogP contribution in [0.4, 0.5) is 11.5 Å². The standard InChI is InChI=1S/C11H15N3O3/c12-10-6-9(14(15)16)7-11(13-10)17-5-4-8-2-1-3-8/h6-8H,1-5H2,(H2,12,13). The van der Waals surface area contributed by atoms with E-state index in [1.54, 1.807) is 0 Å². The Morgan fingerprint density at radius 2 is 2.29 bits per heavy atom. The highest BCUT2D eigenvalue weighted by Crippen LogP contribution is 2.29. The van der Waals surface area contributed by atoms with Gasteiger partial charge in [-0.3, -0.25) is 10.1 Å². The van der Waals surface area contributed by atoms with Crippen molar-refractivity contribution in [3.8, 4) is 5.88 Å². The molecule has 2 rings (SSSR count). The van der Waals surface area contributed by atoms with Crippen molar-refractivity contribution >= 4 is 11.5 Å². The van der Waals surface area contributed by atoms with Crippen LogP contribution < -0.4 is 10.5 Å². The number of pyridine rings is 1. The molecule has 92 valence electrons. The summed E-state index contributed by atoms with van der Waals surface area (Å²) in [6.07, 6.45) is 4.79. The predicted octanol–water partition coefficient (Wildman–Crippen LogP) is 2.14. The summed E-state index contributed by atoms with van der Waals surface area (Å²) in [5.41, 5.74) is 5.38. The van der Waals surface area contributed by atoms with Gasteiger partial charge in [0.1, 0.15) is 5.82 Å². The van der Waals surface area contributed by atoms with Crippen molar-refractivity contribution in [1.82, 2.24) is 4.98 Å². The molecule has 1 aromatic heterocycles. The van der Waals surface area contributed by atoms with Crippen molar-refractivity contribution in [3.05, 3.63) is 22.2 Å². The van der Waals surface area contributed by atoms with Gasteiger partial charge in [0.2, 0.25) is 5.88 Å². The molecule has 1 aliphatic rings. The summed E-state index contributed by atoms with van der Waals surface area (Å²) in [5, 5.41) is 10.6. The van der Waals surface area contributed by atoms with Crippen LogP contribution in [0.1, 0.15) is 25.7 Å². The first kappa shape index (κ1) is 11.6. The highest BCUT2D eigenvalue weighted by Gasteiger charge is 2.17.